The summed E-state index contributed by atoms with van der Waals surface area (Å²) in [5.41, 5.74) is 4.77. The summed E-state index contributed by atoms with van der Waals surface area (Å²) in [6, 6.07) is 12.9. The SMILES string of the molecule is CNC(=O)Nc1ccc(-c2ncc3c(n2)N2CCOCC2C(=O)N3CC2CCc3ccc(OC)cc32)cc1. The standard InChI is InChI=1S/C28H30N6O4/c1-29-28(36)31-20-8-5-18(6-9-20)25-30-14-23-26(32-25)33-11-12-38-16-24(33)27(35)34(23)15-19-4-3-17-7-10-21(37-2)13-22(17)19/h5-10,13-14,19,24H,3-4,11-12,15-16H2,1-2H3,(H2,29,31,36). The molecular weight excluding hydrogens is 484 g/mol. The number of aryl methyl sites for hydroxylation is 1. The average Bonchev–Trinajstić information content (AvgIpc) is 3.37. The van der Waals surface area contributed by atoms with E-state index >= 15 is 0 Å². The van der Waals surface area contributed by atoms with Crippen molar-refractivity contribution in [2.24, 2.45) is 0 Å². The number of amides is 3. The Morgan fingerprint density at radius 3 is 2.84 bits per heavy atom. The van der Waals surface area contributed by atoms with Gasteiger partial charge in [-0.2, -0.15) is 0 Å². The second-order valence-corrected chi connectivity index (χ2v) is 9.72. The smallest absolute Gasteiger partial charge is 0.318 e. The van der Waals surface area contributed by atoms with E-state index < -0.39 is 6.04 Å². The van der Waals surface area contributed by atoms with Crippen LogP contribution in [0, 0.1) is 0 Å². The predicted octanol–water partition coefficient (Wildman–Crippen LogP) is 3.19. The first-order valence-electron chi connectivity index (χ1n) is 12.8. The first kappa shape index (κ1) is 24.2. The number of morpholine rings is 1. The number of aromatic nitrogens is 2. The van der Waals surface area contributed by atoms with E-state index in [1.54, 1.807) is 20.4 Å². The number of carbonyl (C=O) groups excluding carboxylic acids is 2. The number of nitrogens with zero attached hydrogens (tertiary/aromatic N) is 4. The minimum Gasteiger partial charge on any atom is -0.497 e. The quantitative estimate of drug-likeness (QED) is 0.538. The number of carbonyl (C=O) groups is 2. The molecule has 2 aromatic carbocycles. The summed E-state index contributed by atoms with van der Waals surface area (Å²) in [7, 11) is 3.24. The van der Waals surface area contributed by atoms with Gasteiger partial charge in [0.05, 0.1) is 26.5 Å². The van der Waals surface area contributed by atoms with Crippen LogP contribution in [-0.2, 0) is 16.0 Å². The van der Waals surface area contributed by atoms with Gasteiger partial charge < -0.3 is 29.9 Å². The van der Waals surface area contributed by atoms with Crippen LogP contribution in [-0.4, -0.2) is 68.4 Å². The summed E-state index contributed by atoms with van der Waals surface area (Å²) in [6.07, 6.45) is 3.72. The number of hydrogen-bond acceptors (Lipinski definition) is 7. The van der Waals surface area contributed by atoms with E-state index in [0.29, 0.717) is 37.8 Å². The lowest BCUT2D eigenvalue weighted by Crippen LogP contribution is -2.59. The molecule has 1 aliphatic carbocycles. The number of urea groups is 1. The fourth-order valence-electron chi connectivity index (χ4n) is 5.56. The van der Waals surface area contributed by atoms with E-state index in [0.717, 1.165) is 35.7 Å². The molecule has 10 nitrogen and oxygen atoms in total. The molecule has 3 aromatic rings. The Balaban J connectivity index is 1.33. The Labute approximate surface area is 221 Å². The molecule has 3 amide bonds. The van der Waals surface area contributed by atoms with Gasteiger partial charge >= 0.3 is 6.03 Å². The van der Waals surface area contributed by atoms with Gasteiger partial charge in [-0.3, -0.25) is 4.79 Å². The molecule has 0 radical (unpaired) electrons. The van der Waals surface area contributed by atoms with Crippen LogP contribution < -0.4 is 25.2 Å². The van der Waals surface area contributed by atoms with Gasteiger partial charge in [-0.05, 0) is 60.4 Å². The molecule has 2 unspecified atom stereocenters. The van der Waals surface area contributed by atoms with E-state index in [1.807, 2.05) is 35.2 Å². The van der Waals surface area contributed by atoms with Gasteiger partial charge in [0, 0.05) is 37.3 Å². The normalized spacial score (nSPS) is 19.9. The molecule has 1 aromatic heterocycles. The number of benzene rings is 2. The molecule has 10 heteroatoms. The second-order valence-electron chi connectivity index (χ2n) is 9.72. The van der Waals surface area contributed by atoms with Crippen LogP contribution in [0.1, 0.15) is 23.5 Å². The predicted molar refractivity (Wildman–Crippen MR) is 144 cm³/mol. The molecule has 196 valence electrons. The summed E-state index contributed by atoms with van der Waals surface area (Å²) in [5.74, 6) is 2.37. The topological polar surface area (TPSA) is 109 Å². The van der Waals surface area contributed by atoms with Crippen LogP contribution in [0.5, 0.6) is 5.75 Å². The van der Waals surface area contributed by atoms with E-state index in [4.69, 9.17) is 14.5 Å². The summed E-state index contributed by atoms with van der Waals surface area (Å²) in [5, 5.41) is 5.29. The molecule has 2 N–H and O–H groups in total. The van der Waals surface area contributed by atoms with Crippen LogP contribution in [0.4, 0.5) is 22.0 Å². The van der Waals surface area contributed by atoms with E-state index in [-0.39, 0.29) is 17.9 Å². The van der Waals surface area contributed by atoms with Crippen LogP contribution >= 0.6 is 0 Å². The largest absolute Gasteiger partial charge is 0.497 e. The fourth-order valence-corrected chi connectivity index (χ4v) is 5.56. The van der Waals surface area contributed by atoms with Gasteiger partial charge in [-0.1, -0.05) is 6.07 Å². The number of anilines is 3. The van der Waals surface area contributed by atoms with Crippen molar-refractivity contribution in [2.45, 2.75) is 24.8 Å². The number of fused-ring (bicyclic) bond motifs is 4. The van der Waals surface area contributed by atoms with Gasteiger partial charge in [-0.15, -0.1) is 0 Å². The van der Waals surface area contributed by atoms with E-state index in [2.05, 4.69) is 32.7 Å². The number of nitrogens with one attached hydrogen (secondary N) is 2. The highest BCUT2D eigenvalue weighted by atomic mass is 16.5. The minimum absolute atomic E-state index is 0.0227. The highest BCUT2D eigenvalue weighted by molar-refractivity contribution is 6.05. The molecule has 2 atom stereocenters. The lowest BCUT2D eigenvalue weighted by atomic mass is 9.98. The Kier molecular flexibility index (Phi) is 6.32. The molecule has 0 saturated carbocycles. The fraction of sp³-hybridized carbons (Fsp3) is 0.357. The third kappa shape index (κ3) is 4.30. The van der Waals surface area contributed by atoms with Gasteiger partial charge in [0.1, 0.15) is 17.5 Å². The molecule has 1 fully saturated rings. The summed E-state index contributed by atoms with van der Waals surface area (Å²) in [4.78, 5) is 38.9. The Morgan fingerprint density at radius 2 is 2.05 bits per heavy atom. The zero-order valence-corrected chi connectivity index (χ0v) is 21.4. The monoisotopic (exact) mass is 514 g/mol. The van der Waals surface area contributed by atoms with Crippen molar-refractivity contribution < 1.29 is 19.1 Å². The lowest BCUT2D eigenvalue weighted by Gasteiger charge is -2.44. The maximum Gasteiger partial charge on any atom is 0.318 e. The average molecular weight is 515 g/mol. The molecule has 38 heavy (non-hydrogen) atoms. The van der Waals surface area contributed by atoms with Gasteiger partial charge in [-0.25, -0.2) is 14.8 Å². The van der Waals surface area contributed by atoms with Crippen molar-refractivity contribution >= 4 is 29.1 Å². The van der Waals surface area contributed by atoms with Crippen molar-refractivity contribution in [1.82, 2.24) is 15.3 Å². The van der Waals surface area contributed by atoms with Crippen molar-refractivity contribution in [3.05, 3.63) is 59.8 Å². The summed E-state index contributed by atoms with van der Waals surface area (Å²) >= 11 is 0. The Hall–Kier alpha value is -4.18. The zero-order valence-electron chi connectivity index (χ0n) is 21.4. The van der Waals surface area contributed by atoms with Crippen LogP contribution in [0.15, 0.2) is 48.7 Å². The van der Waals surface area contributed by atoms with Gasteiger partial charge in [0.2, 0.25) is 0 Å². The highest BCUT2D eigenvalue weighted by Crippen LogP contribution is 2.41. The van der Waals surface area contributed by atoms with Crippen LogP contribution in [0.2, 0.25) is 0 Å². The molecular formula is C28H30N6O4. The highest BCUT2D eigenvalue weighted by Gasteiger charge is 2.42. The number of hydrogen-bond donors (Lipinski definition) is 2. The lowest BCUT2D eigenvalue weighted by molar-refractivity contribution is -0.122. The molecule has 0 spiro atoms. The Morgan fingerprint density at radius 1 is 1.21 bits per heavy atom. The minimum atomic E-state index is -0.413. The van der Waals surface area contributed by atoms with Gasteiger partial charge in [0.25, 0.3) is 5.91 Å². The molecule has 1 saturated heterocycles. The molecule has 3 aliphatic rings. The van der Waals surface area contributed by atoms with Crippen LogP contribution in [0.25, 0.3) is 11.4 Å². The second kappa shape index (κ2) is 9.94. The molecule has 0 bridgehead atoms. The number of ether oxygens (including phenoxy) is 2. The summed E-state index contributed by atoms with van der Waals surface area (Å²) in [6.45, 7) is 2.02. The zero-order chi connectivity index (χ0) is 26.2. The van der Waals surface area contributed by atoms with E-state index in [9.17, 15) is 9.59 Å². The van der Waals surface area contributed by atoms with Crippen LogP contribution in [0.3, 0.4) is 0 Å². The molecule has 2 aliphatic heterocycles. The maximum atomic E-state index is 13.7. The Bertz CT molecular complexity index is 1380. The first-order valence-corrected chi connectivity index (χ1v) is 12.8. The third-order valence-electron chi connectivity index (χ3n) is 7.58. The van der Waals surface area contributed by atoms with Gasteiger partial charge in [0.15, 0.2) is 11.6 Å². The molecule has 3 heterocycles. The van der Waals surface area contributed by atoms with Crippen molar-refractivity contribution in [1.29, 1.82) is 0 Å². The van der Waals surface area contributed by atoms with Crippen molar-refractivity contribution in [2.75, 3.05) is 55.6 Å². The number of rotatable bonds is 5. The first-order chi connectivity index (χ1) is 18.6. The van der Waals surface area contributed by atoms with Crippen molar-refractivity contribution in [3.63, 3.8) is 0 Å². The third-order valence-corrected chi connectivity index (χ3v) is 7.58. The molecule has 6 rings (SSSR count). The maximum absolute atomic E-state index is 13.7. The van der Waals surface area contributed by atoms with Crippen molar-refractivity contribution in [3.8, 4) is 17.1 Å². The summed E-state index contributed by atoms with van der Waals surface area (Å²) < 4.78 is 11.2. The number of methoxy groups -OCH3 is 1. The van der Waals surface area contributed by atoms with E-state index in [1.165, 1.54) is 11.1 Å².